The fourth-order valence-electron chi connectivity index (χ4n) is 2.74. The number of thiophene rings is 1. The zero-order valence-electron chi connectivity index (χ0n) is 15.4. The van der Waals surface area contributed by atoms with Crippen LogP contribution in [0.2, 0.25) is 5.02 Å². The molecule has 150 valence electrons. The molecule has 1 amide bonds. The van der Waals surface area contributed by atoms with Crippen molar-refractivity contribution in [1.82, 2.24) is 0 Å². The molecule has 0 aliphatic heterocycles. The minimum atomic E-state index is -0.720. The first kappa shape index (κ1) is 19.9. The molecule has 4 aromatic rings. The van der Waals surface area contributed by atoms with Crippen LogP contribution in [-0.2, 0) is 4.74 Å². The number of hydrogen-bond donors (Lipinski definition) is 1. The highest BCUT2D eigenvalue weighted by Crippen LogP contribution is 2.25. The van der Waals surface area contributed by atoms with Crippen molar-refractivity contribution in [2.45, 2.75) is 0 Å². The van der Waals surface area contributed by atoms with Gasteiger partial charge in [0, 0.05) is 5.39 Å². The van der Waals surface area contributed by atoms with Crippen molar-refractivity contribution < 1.29 is 23.5 Å². The van der Waals surface area contributed by atoms with Crippen LogP contribution in [0.5, 0.6) is 0 Å². The van der Waals surface area contributed by atoms with Crippen LogP contribution >= 0.6 is 22.9 Å². The van der Waals surface area contributed by atoms with Crippen LogP contribution in [0.4, 0.5) is 5.69 Å². The Kier molecular flexibility index (Phi) is 5.65. The minimum absolute atomic E-state index is 0.115. The van der Waals surface area contributed by atoms with E-state index in [1.54, 1.807) is 35.7 Å². The van der Waals surface area contributed by atoms with Crippen LogP contribution in [0.3, 0.4) is 0 Å². The SMILES string of the molecule is O=C(OCC(=O)c1cc2ccccc2o1)c1ccc(Cl)c(NC(=O)c2cccs2)c1. The van der Waals surface area contributed by atoms with Crippen molar-refractivity contribution in [3.05, 3.63) is 87.3 Å². The summed E-state index contributed by atoms with van der Waals surface area (Å²) in [6.45, 7) is -0.474. The summed E-state index contributed by atoms with van der Waals surface area (Å²) in [7, 11) is 0. The number of fused-ring (bicyclic) bond motifs is 1. The Morgan fingerprint density at radius 2 is 1.87 bits per heavy atom. The van der Waals surface area contributed by atoms with E-state index in [9.17, 15) is 14.4 Å². The number of hydrogen-bond acceptors (Lipinski definition) is 6. The minimum Gasteiger partial charge on any atom is -0.454 e. The van der Waals surface area contributed by atoms with E-state index in [0.717, 1.165) is 5.39 Å². The van der Waals surface area contributed by atoms with Crippen LogP contribution in [0.15, 0.2) is 70.5 Å². The third-order valence-electron chi connectivity index (χ3n) is 4.23. The van der Waals surface area contributed by atoms with Crippen LogP contribution in [-0.4, -0.2) is 24.3 Å². The van der Waals surface area contributed by atoms with Crippen LogP contribution in [0.25, 0.3) is 11.0 Å². The molecule has 0 bridgehead atoms. The summed E-state index contributed by atoms with van der Waals surface area (Å²) >= 11 is 7.41. The zero-order valence-corrected chi connectivity index (χ0v) is 17.0. The third-order valence-corrected chi connectivity index (χ3v) is 5.43. The number of Topliss-reactive ketones (excluding diaryl/α,β-unsaturated/α-hetero) is 1. The van der Waals surface area contributed by atoms with E-state index < -0.39 is 18.4 Å². The predicted octanol–water partition coefficient (Wildman–Crippen LogP) is 5.44. The molecule has 0 atom stereocenters. The van der Waals surface area contributed by atoms with Gasteiger partial charge in [-0.1, -0.05) is 35.9 Å². The largest absolute Gasteiger partial charge is 0.454 e. The average Bonchev–Trinajstić information content (AvgIpc) is 3.43. The first-order valence-electron chi connectivity index (χ1n) is 8.84. The Hall–Kier alpha value is -3.42. The maximum absolute atomic E-state index is 12.4. The summed E-state index contributed by atoms with van der Waals surface area (Å²) in [6, 6.07) is 16.6. The number of halogens is 1. The fourth-order valence-corrected chi connectivity index (χ4v) is 3.53. The number of rotatable bonds is 6. The lowest BCUT2D eigenvalue weighted by Gasteiger charge is -2.09. The Morgan fingerprint density at radius 3 is 2.63 bits per heavy atom. The second kappa shape index (κ2) is 8.52. The first-order chi connectivity index (χ1) is 14.5. The highest BCUT2D eigenvalue weighted by molar-refractivity contribution is 7.12. The molecule has 4 rings (SSSR count). The van der Waals surface area contributed by atoms with E-state index in [1.165, 1.54) is 29.5 Å². The molecular formula is C22H14ClNO5S. The summed E-state index contributed by atoms with van der Waals surface area (Å²) in [5.74, 6) is -1.40. The number of ketones is 1. The van der Waals surface area contributed by atoms with Gasteiger partial charge in [-0.3, -0.25) is 9.59 Å². The summed E-state index contributed by atoms with van der Waals surface area (Å²) in [4.78, 5) is 37.4. The lowest BCUT2D eigenvalue weighted by molar-refractivity contribution is 0.0468. The van der Waals surface area contributed by atoms with Gasteiger partial charge in [0.1, 0.15) is 5.58 Å². The maximum Gasteiger partial charge on any atom is 0.338 e. The molecule has 1 N–H and O–H groups in total. The number of ether oxygens (including phenoxy) is 1. The molecule has 0 spiro atoms. The normalized spacial score (nSPS) is 10.7. The number of carbonyl (C=O) groups is 3. The number of nitrogens with one attached hydrogen (secondary N) is 1. The molecule has 0 aliphatic carbocycles. The van der Waals surface area contributed by atoms with E-state index in [-0.39, 0.29) is 27.9 Å². The van der Waals surface area contributed by atoms with Gasteiger partial charge in [-0.25, -0.2) is 4.79 Å². The number of anilines is 1. The van der Waals surface area contributed by atoms with Crippen molar-refractivity contribution in [1.29, 1.82) is 0 Å². The molecule has 30 heavy (non-hydrogen) atoms. The van der Waals surface area contributed by atoms with E-state index >= 15 is 0 Å². The van der Waals surface area contributed by atoms with Crippen LogP contribution < -0.4 is 5.32 Å². The van der Waals surface area contributed by atoms with Crippen molar-refractivity contribution in [3.63, 3.8) is 0 Å². The molecule has 0 saturated heterocycles. The van der Waals surface area contributed by atoms with Gasteiger partial charge in [0.15, 0.2) is 12.4 Å². The Bertz CT molecular complexity index is 1210. The van der Waals surface area contributed by atoms with Gasteiger partial charge in [0.05, 0.1) is 21.2 Å². The van der Waals surface area contributed by atoms with E-state index in [1.807, 2.05) is 12.1 Å². The fraction of sp³-hybridized carbons (Fsp3) is 0.0455. The number of para-hydroxylation sites is 1. The zero-order chi connectivity index (χ0) is 21.1. The summed E-state index contributed by atoms with van der Waals surface area (Å²) < 4.78 is 10.6. The molecule has 0 aliphatic rings. The molecule has 2 heterocycles. The van der Waals surface area contributed by atoms with E-state index in [2.05, 4.69) is 5.32 Å². The summed E-state index contributed by atoms with van der Waals surface area (Å²) in [5, 5.41) is 5.51. The second-order valence-electron chi connectivity index (χ2n) is 6.27. The number of esters is 1. The van der Waals surface area contributed by atoms with E-state index in [4.69, 9.17) is 20.8 Å². The Balaban J connectivity index is 1.42. The van der Waals surface area contributed by atoms with Gasteiger partial charge in [0.2, 0.25) is 5.78 Å². The summed E-state index contributed by atoms with van der Waals surface area (Å²) in [6.07, 6.45) is 0. The number of furan rings is 1. The molecule has 2 aromatic carbocycles. The van der Waals surface area contributed by atoms with Gasteiger partial charge in [-0.05, 0) is 41.8 Å². The van der Waals surface area contributed by atoms with Gasteiger partial charge in [-0.2, -0.15) is 0 Å². The molecule has 2 aromatic heterocycles. The molecule has 0 fully saturated rings. The number of benzene rings is 2. The van der Waals surface area contributed by atoms with Crippen LogP contribution in [0.1, 0.15) is 30.6 Å². The van der Waals surface area contributed by atoms with Crippen LogP contribution in [0, 0.1) is 0 Å². The standard InChI is InChI=1S/C22H14ClNO5S/c23-15-8-7-14(10-16(15)24-21(26)20-6-3-9-30-20)22(27)28-12-17(25)19-11-13-4-1-2-5-18(13)29-19/h1-11H,12H2,(H,24,26). The average molecular weight is 440 g/mol. The monoisotopic (exact) mass is 439 g/mol. The highest BCUT2D eigenvalue weighted by Gasteiger charge is 2.17. The van der Waals surface area contributed by atoms with Gasteiger partial charge in [0.25, 0.3) is 5.91 Å². The molecule has 8 heteroatoms. The molecular weight excluding hydrogens is 426 g/mol. The topological polar surface area (TPSA) is 85.6 Å². The van der Waals surface area contributed by atoms with Crippen molar-refractivity contribution in [3.8, 4) is 0 Å². The van der Waals surface area contributed by atoms with Gasteiger partial charge in [-0.15, -0.1) is 11.3 Å². The second-order valence-corrected chi connectivity index (χ2v) is 7.63. The molecule has 0 radical (unpaired) electrons. The number of carbonyl (C=O) groups excluding carboxylic acids is 3. The molecule has 0 saturated carbocycles. The van der Waals surface area contributed by atoms with Crippen molar-refractivity contribution in [2.75, 3.05) is 11.9 Å². The molecule has 0 unspecified atom stereocenters. The van der Waals surface area contributed by atoms with Gasteiger partial charge >= 0.3 is 5.97 Å². The maximum atomic E-state index is 12.4. The quantitative estimate of drug-likeness (QED) is 0.319. The van der Waals surface area contributed by atoms with E-state index in [0.29, 0.717) is 10.5 Å². The highest BCUT2D eigenvalue weighted by atomic mass is 35.5. The lowest BCUT2D eigenvalue weighted by atomic mass is 10.2. The third kappa shape index (κ3) is 4.27. The molecule has 6 nitrogen and oxygen atoms in total. The smallest absolute Gasteiger partial charge is 0.338 e. The first-order valence-corrected chi connectivity index (χ1v) is 10.1. The lowest BCUT2D eigenvalue weighted by Crippen LogP contribution is -2.15. The number of amides is 1. The van der Waals surface area contributed by atoms with Crippen molar-refractivity contribution in [2.24, 2.45) is 0 Å². The Labute approximate surface area is 180 Å². The van der Waals surface area contributed by atoms with Gasteiger partial charge < -0.3 is 14.5 Å². The van der Waals surface area contributed by atoms with Crippen molar-refractivity contribution >= 4 is 57.3 Å². The predicted molar refractivity (Wildman–Crippen MR) is 115 cm³/mol. The summed E-state index contributed by atoms with van der Waals surface area (Å²) in [5.41, 5.74) is 1.00. The Morgan fingerprint density at radius 1 is 1.03 bits per heavy atom.